The van der Waals surface area contributed by atoms with Crippen LogP contribution in [0.5, 0.6) is 0 Å². The molecule has 5 aliphatic rings. The Morgan fingerprint density at radius 1 is 1.00 bits per heavy atom. The van der Waals surface area contributed by atoms with E-state index in [0.717, 1.165) is 38.5 Å². The first-order valence-corrected chi connectivity index (χ1v) is 11.1. The fourth-order valence-electron chi connectivity index (χ4n) is 8.56. The fourth-order valence-corrected chi connectivity index (χ4v) is 8.56. The van der Waals surface area contributed by atoms with Crippen LogP contribution < -0.4 is 0 Å². The highest BCUT2D eigenvalue weighted by Gasteiger charge is 2.65. The van der Waals surface area contributed by atoms with Crippen molar-refractivity contribution in [1.29, 1.82) is 0 Å². The van der Waals surface area contributed by atoms with E-state index in [1.54, 1.807) is 6.08 Å². The van der Waals surface area contributed by atoms with E-state index >= 15 is 0 Å². The van der Waals surface area contributed by atoms with Crippen LogP contribution in [0.4, 0.5) is 0 Å². The molecule has 4 fully saturated rings. The molecule has 0 aromatic heterocycles. The topological polar surface area (TPSA) is 66.8 Å². The Bertz CT molecular complexity index is 682. The van der Waals surface area contributed by atoms with Gasteiger partial charge in [-0.1, -0.05) is 13.8 Å². The molecule has 0 aromatic carbocycles. The van der Waals surface area contributed by atoms with Gasteiger partial charge in [-0.05, 0) is 91.9 Å². The second-order valence-corrected chi connectivity index (χ2v) is 10.6. The number of fused-ring (bicyclic) bond motifs is 5. The maximum absolute atomic E-state index is 11.6. The van der Waals surface area contributed by atoms with E-state index in [4.69, 9.17) is 4.74 Å². The minimum absolute atomic E-state index is 0.175. The summed E-state index contributed by atoms with van der Waals surface area (Å²) in [7, 11) is 0. The van der Waals surface area contributed by atoms with Crippen LogP contribution in [-0.2, 0) is 9.53 Å². The van der Waals surface area contributed by atoms with Gasteiger partial charge in [-0.2, -0.15) is 0 Å². The third-order valence-corrected chi connectivity index (χ3v) is 9.98. The second-order valence-electron chi connectivity index (χ2n) is 10.6. The molecule has 0 bridgehead atoms. The van der Waals surface area contributed by atoms with Gasteiger partial charge in [0.2, 0.25) is 0 Å². The molecule has 0 aromatic rings. The number of hydrogen-bond acceptors (Lipinski definition) is 4. The van der Waals surface area contributed by atoms with Gasteiger partial charge in [0.1, 0.15) is 6.61 Å². The SMILES string of the molecule is C[C@]12CC[C@H]3[C@@H](CC[C@@H]4CCCC(O)(O)[C@@]43C)[C@H]1CC[C@@H]2C1=CC(=O)OC1. The molecular weight excluding hydrogens is 340 g/mol. The summed E-state index contributed by atoms with van der Waals surface area (Å²) in [5, 5.41) is 22.0. The smallest absolute Gasteiger partial charge is 0.331 e. The van der Waals surface area contributed by atoms with Gasteiger partial charge in [-0.3, -0.25) is 0 Å². The third-order valence-electron chi connectivity index (χ3n) is 9.98. The molecule has 4 aliphatic carbocycles. The van der Waals surface area contributed by atoms with Crippen molar-refractivity contribution in [3.63, 3.8) is 0 Å². The lowest BCUT2D eigenvalue weighted by molar-refractivity contribution is -0.312. The monoisotopic (exact) mass is 374 g/mol. The van der Waals surface area contributed by atoms with E-state index in [0.29, 0.717) is 42.6 Å². The lowest BCUT2D eigenvalue weighted by Gasteiger charge is -2.63. The Kier molecular flexibility index (Phi) is 3.92. The number of ether oxygens (including phenoxy) is 1. The van der Waals surface area contributed by atoms with Gasteiger partial charge in [0, 0.05) is 17.9 Å². The van der Waals surface area contributed by atoms with Crippen molar-refractivity contribution < 1.29 is 19.7 Å². The van der Waals surface area contributed by atoms with Crippen LogP contribution >= 0.6 is 0 Å². The van der Waals surface area contributed by atoms with Crippen molar-refractivity contribution in [1.82, 2.24) is 0 Å². The van der Waals surface area contributed by atoms with E-state index in [9.17, 15) is 15.0 Å². The number of carbonyl (C=O) groups is 1. The summed E-state index contributed by atoms with van der Waals surface area (Å²) in [6, 6.07) is 0. The third kappa shape index (κ3) is 2.32. The van der Waals surface area contributed by atoms with E-state index in [2.05, 4.69) is 13.8 Å². The van der Waals surface area contributed by atoms with Gasteiger partial charge in [0.25, 0.3) is 0 Å². The molecule has 5 rings (SSSR count). The quantitative estimate of drug-likeness (QED) is 0.541. The number of carbonyl (C=O) groups excluding carboxylic acids is 1. The van der Waals surface area contributed by atoms with Crippen molar-refractivity contribution in [2.24, 2.45) is 40.4 Å². The number of rotatable bonds is 1. The summed E-state index contributed by atoms with van der Waals surface area (Å²) < 4.78 is 5.23. The van der Waals surface area contributed by atoms with E-state index in [-0.39, 0.29) is 16.8 Å². The maximum atomic E-state index is 11.6. The second kappa shape index (κ2) is 5.82. The van der Waals surface area contributed by atoms with Gasteiger partial charge < -0.3 is 14.9 Å². The predicted octanol–water partition coefficient (Wildman–Crippen LogP) is 3.81. The summed E-state index contributed by atoms with van der Waals surface area (Å²) in [6.07, 6.45) is 11.3. The van der Waals surface area contributed by atoms with Crippen LogP contribution in [0.15, 0.2) is 11.6 Å². The molecule has 1 aliphatic heterocycles. The zero-order valence-corrected chi connectivity index (χ0v) is 16.7. The predicted molar refractivity (Wildman–Crippen MR) is 101 cm³/mol. The summed E-state index contributed by atoms with van der Waals surface area (Å²) in [5.41, 5.74) is 1.07. The fraction of sp³-hybridized carbons (Fsp3) is 0.870. The molecule has 150 valence electrons. The summed E-state index contributed by atoms with van der Waals surface area (Å²) in [4.78, 5) is 11.6. The molecule has 0 saturated heterocycles. The van der Waals surface area contributed by atoms with E-state index in [1.165, 1.54) is 18.4 Å². The normalized spacial score (nSPS) is 51.0. The van der Waals surface area contributed by atoms with Gasteiger partial charge in [0.05, 0.1) is 0 Å². The largest absolute Gasteiger partial charge is 0.458 e. The van der Waals surface area contributed by atoms with Crippen LogP contribution in [0.3, 0.4) is 0 Å². The minimum Gasteiger partial charge on any atom is -0.458 e. The Morgan fingerprint density at radius 2 is 1.81 bits per heavy atom. The molecule has 0 unspecified atom stereocenters. The van der Waals surface area contributed by atoms with Gasteiger partial charge in [-0.25, -0.2) is 4.79 Å². The van der Waals surface area contributed by atoms with E-state index < -0.39 is 5.79 Å². The number of cyclic esters (lactones) is 1. The average Bonchev–Trinajstić information content (AvgIpc) is 3.18. The van der Waals surface area contributed by atoms with Crippen molar-refractivity contribution in [3.8, 4) is 0 Å². The molecule has 0 spiro atoms. The Balaban J connectivity index is 1.47. The zero-order valence-electron chi connectivity index (χ0n) is 16.7. The molecule has 7 atom stereocenters. The Morgan fingerprint density at radius 3 is 2.56 bits per heavy atom. The van der Waals surface area contributed by atoms with Crippen LogP contribution in [0, 0.1) is 40.4 Å². The average molecular weight is 375 g/mol. The van der Waals surface area contributed by atoms with Crippen molar-refractivity contribution in [2.75, 3.05) is 6.61 Å². The maximum Gasteiger partial charge on any atom is 0.331 e. The highest BCUT2D eigenvalue weighted by atomic mass is 16.5. The first kappa shape index (κ1) is 18.2. The molecule has 2 N–H and O–H groups in total. The number of hydrogen-bond donors (Lipinski definition) is 2. The molecule has 1 heterocycles. The summed E-state index contributed by atoms with van der Waals surface area (Å²) >= 11 is 0. The molecule has 4 nitrogen and oxygen atoms in total. The van der Waals surface area contributed by atoms with Crippen LogP contribution in [0.2, 0.25) is 0 Å². The molecule has 4 saturated carbocycles. The highest BCUT2D eigenvalue weighted by Crippen LogP contribution is 2.69. The van der Waals surface area contributed by atoms with Gasteiger partial charge in [0.15, 0.2) is 5.79 Å². The summed E-state index contributed by atoms with van der Waals surface area (Å²) in [5.74, 6) is 0.857. The van der Waals surface area contributed by atoms with Crippen molar-refractivity contribution in [2.45, 2.75) is 77.4 Å². The van der Waals surface area contributed by atoms with Crippen LogP contribution in [0.25, 0.3) is 0 Å². The van der Waals surface area contributed by atoms with Crippen molar-refractivity contribution >= 4 is 5.97 Å². The molecule has 4 heteroatoms. The highest BCUT2D eigenvalue weighted by molar-refractivity contribution is 5.85. The van der Waals surface area contributed by atoms with Crippen molar-refractivity contribution in [3.05, 3.63) is 11.6 Å². The molecular formula is C23H34O4. The van der Waals surface area contributed by atoms with Crippen LogP contribution in [-0.4, -0.2) is 28.6 Å². The number of esters is 1. The Labute approximate surface area is 162 Å². The summed E-state index contributed by atoms with van der Waals surface area (Å²) in [6.45, 7) is 5.11. The number of aliphatic hydroxyl groups is 2. The standard InChI is InChI=1S/C23H34O4/c1-21-11-9-19-16(6-5-15-4-3-10-23(25,26)22(15,19)2)18(21)8-7-17(21)14-12-20(24)27-13-14/h12,15-19,25-26H,3-11,13H2,1-2H3/t15-,16-,17+,18+,19-,21+,22-/m0/s1. The van der Waals surface area contributed by atoms with Gasteiger partial charge >= 0.3 is 5.97 Å². The molecule has 0 radical (unpaired) electrons. The van der Waals surface area contributed by atoms with E-state index in [1.807, 2.05) is 0 Å². The first-order valence-electron chi connectivity index (χ1n) is 11.1. The minimum atomic E-state index is -1.51. The lowest BCUT2D eigenvalue weighted by Crippen LogP contribution is -2.63. The molecule has 27 heavy (non-hydrogen) atoms. The molecule has 0 amide bonds. The lowest BCUT2D eigenvalue weighted by atomic mass is 9.43. The first-order chi connectivity index (χ1) is 12.8. The Hall–Kier alpha value is -0.870. The van der Waals surface area contributed by atoms with Crippen LogP contribution in [0.1, 0.15) is 71.6 Å². The zero-order chi connectivity index (χ0) is 19.0. The van der Waals surface area contributed by atoms with Gasteiger partial charge in [-0.15, -0.1) is 0 Å².